The van der Waals surface area contributed by atoms with Gasteiger partial charge >= 0.3 is 0 Å². The van der Waals surface area contributed by atoms with E-state index in [0.29, 0.717) is 6.04 Å². The van der Waals surface area contributed by atoms with Crippen LogP contribution < -0.4 is 0 Å². The lowest BCUT2D eigenvalue weighted by Gasteiger charge is -2.29. The Labute approximate surface area is 133 Å². The molecule has 1 atom stereocenters. The van der Waals surface area contributed by atoms with E-state index in [4.69, 9.17) is 0 Å². The molecule has 1 aliphatic rings. The summed E-state index contributed by atoms with van der Waals surface area (Å²) in [5.74, 6) is 0. The van der Waals surface area contributed by atoms with E-state index in [-0.39, 0.29) is 0 Å². The Hall–Kier alpha value is -0.640. The minimum absolute atomic E-state index is 0.608. The van der Waals surface area contributed by atoms with Gasteiger partial charge in [0.2, 0.25) is 0 Å². The van der Waals surface area contributed by atoms with Gasteiger partial charge in [-0.15, -0.1) is 11.3 Å². The Balaban J connectivity index is 1.80. The van der Waals surface area contributed by atoms with Crippen LogP contribution in [0.1, 0.15) is 42.2 Å². The van der Waals surface area contributed by atoms with E-state index in [9.17, 15) is 0 Å². The van der Waals surface area contributed by atoms with Crippen LogP contribution in [0.4, 0.5) is 0 Å². The van der Waals surface area contributed by atoms with Crippen molar-refractivity contribution < 1.29 is 0 Å². The Kier molecular flexibility index (Phi) is 4.92. The van der Waals surface area contributed by atoms with Crippen LogP contribution in [0.25, 0.3) is 0 Å². The minimum atomic E-state index is 0.608. The van der Waals surface area contributed by atoms with Crippen molar-refractivity contribution in [2.75, 3.05) is 6.54 Å². The molecule has 1 nitrogen and oxygen atoms in total. The maximum atomic E-state index is 3.58. The van der Waals surface area contributed by atoms with Crippen LogP contribution in [0.3, 0.4) is 0 Å². The van der Waals surface area contributed by atoms with E-state index >= 15 is 0 Å². The van der Waals surface area contributed by atoms with Gasteiger partial charge in [0.15, 0.2) is 0 Å². The maximum absolute atomic E-state index is 3.58. The van der Waals surface area contributed by atoms with E-state index in [2.05, 4.69) is 62.6 Å². The van der Waals surface area contributed by atoms with Crippen molar-refractivity contribution in [3.8, 4) is 0 Å². The topological polar surface area (TPSA) is 3.24 Å². The highest BCUT2D eigenvalue weighted by Gasteiger charge is 2.23. The van der Waals surface area contributed by atoms with Crippen LogP contribution in [0.2, 0.25) is 0 Å². The molecule has 0 amide bonds. The van der Waals surface area contributed by atoms with Gasteiger partial charge in [-0.05, 0) is 48.5 Å². The number of hydrogen-bond acceptors (Lipinski definition) is 2. The molecule has 1 aromatic heterocycles. The maximum Gasteiger partial charge on any atom is 0.0445 e. The highest BCUT2D eigenvalue weighted by Crippen LogP contribution is 2.33. The molecule has 1 fully saturated rings. The standard InChI is InChI=1S/C17H20BrNS/c18-15-7-4-6-14(12-15)13-19-10-3-1-2-8-16(19)17-9-5-11-20-17/h4-7,9,11-12,16H,1-3,8,10,13H2. The summed E-state index contributed by atoms with van der Waals surface area (Å²) >= 11 is 5.49. The lowest BCUT2D eigenvalue weighted by atomic mass is 10.1. The molecule has 1 unspecified atom stereocenters. The van der Waals surface area contributed by atoms with Crippen molar-refractivity contribution in [2.45, 2.75) is 38.3 Å². The first kappa shape index (κ1) is 14.3. The SMILES string of the molecule is Brc1cccc(CN2CCCCCC2c2cccs2)c1. The first-order chi connectivity index (χ1) is 9.83. The van der Waals surface area contributed by atoms with E-state index in [1.54, 1.807) is 0 Å². The molecule has 3 heteroatoms. The molecular weight excluding hydrogens is 330 g/mol. The second kappa shape index (κ2) is 6.88. The fraction of sp³-hybridized carbons (Fsp3) is 0.412. The Morgan fingerprint density at radius 2 is 2.10 bits per heavy atom. The molecule has 20 heavy (non-hydrogen) atoms. The third kappa shape index (κ3) is 3.51. The van der Waals surface area contributed by atoms with Gasteiger partial charge in [0.1, 0.15) is 0 Å². The molecule has 106 valence electrons. The summed E-state index contributed by atoms with van der Waals surface area (Å²) in [6.07, 6.45) is 5.36. The second-order valence-electron chi connectivity index (χ2n) is 5.48. The summed E-state index contributed by atoms with van der Waals surface area (Å²) in [4.78, 5) is 4.20. The van der Waals surface area contributed by atoms with Crippen molar-refractivity contribution in [3.05, 3.63) is 56.7 Å². The summed E-state index contributed by atoms with van der Waals surface area (Å²) in [5.41, 5.74) is 1.41. The van der Waals surface area contributed by atoms with Crippen LogP contribution in [0.5, 0.6) is 0 Å². The highest BCUT2D eigenvalue weighted by atomic mass is 79.9. The summed E-state index contributed by atoms with van der Waals surface area (Å²) < 4.78 is 1.18. The molecule has 1 saturated heterocycles. The Morgan fingerprint density at radius 3 is 2.90 bits per heavy atom. The molecule has 0 bridgehead atoms. The summed E-state index contributed by atoms with van der Waals surface area (Å²) in [6.45, 7) is 2.27. The fourth-order valence-corrected chi connectivity index (χ4v) is 4.37. The third-order valence-corrected chi connectivity index (χ3v) is 5.48. The zero-order valence-electron chi connectivity index (χ0n) is 11.6. The summed E-state index contributed by atoms with van der Waals surface area (Å²) in [7, 11) is 0. The molecule has 2 aromatic rings. The number of nitrogens with zero attached hydrogens (tertiary/aromatic N) is 1. The van der Waals surface area contributed by atoms with Crippen molar-refractivity contribution in [1.29, 1.82) is 0 Å². The monoisotopic (exact) mass is 349 g/mol. The molecule has 3 rings (SSSR count). The van der Waals surface area contributed by atoms with E-state index < -0.39 is 0 Å². The van der Waals surface area contributed by atoms with Crippen LogP contribution in [0, 0.1) is 0 Å². The van der Waals surface area contributed by atoms with Crippen molar-refractivity contribution in [3.63, 3.8) is 0 Å². The Morgan fingerprint density at radius 1 is 1.15 bits per heavy atom. The Bertz CT molecular complexity index is 538. The van der Waals surface area contributed by atoms with Gasteiger partial charge in [-0.2, -0.15) is 0 Å². The molecule has 2 heterocycles. The van der Waals surface area contributed by atoms with Crippen LogP contribution in [0.15, 0.2) is 46.3 Å². The molecule has 0 spiro atoms. The summed E-state index contributed by atoms with van der Waals surface area (Å²) in [6, 6.07) is 13.8. The van der Waals surface area contributed by atoms with Gasteiger partial charge in [0.05, 0.1) is 0 Å². The van der Waals surface area contributed by atoms with Crippen LogP contribution in [-0.4, -0.2) is 11.4 Å². The highest BCUT2D eigenvalue weighted by molar-refractivity contribution is 9.10. The van der Waals surface area contributed by atoms with Gasteiger partial charge in [-0.1, -0.05) is 47.0 Å². The van der Waals surface area contributed by atoms with E-state index in [0.717, 1.165) is 6.54 Å². The lowest BCUT2D eigenvalue weighted by Crippen LogP contribution is -2.27. The molecule has 0 N–H and O–H groups in total. The molecule has 1 aromatic carbocycles. The summed E-state index contributed by atoms with van der Waals surface area (Å²) in [5, 5.41) is 2.21. The number of rotatable bonds is 3. The smallest absolute Gasteiger partial charge is 0.0445 e. The second-order valence-corrected chi connectivity index (χ2v) is 7.38. The first-order valence-corrected chi connectivity index (χ1v) is 9.02. The molecule has 0 saturated carbocycles. The quantitative estimate of drug-likeness (QED) is 0.694. The van der Waals surface area contributed by atoms with Crippen LogP contribution in [-0.2, 0) is 6.54 Å². The minimum Gasteiger partial charge on any atom is -0.291 e. The predicted molar refractivity (Wildman–Crippen MR) is 90.1 cm³/mol. The van der Waals surface area contributed by atoms with Gasteiger partial charge in [0, 0.05) is 21.9 Å². The van der Waals surface area contributed by atoms with Crippen molar-refractivity contribution in [1.82, 2.24) is 4.90 Å². The number of hydrogen-bond donors (Lipinski definition) is 0. The first-order valence-electron chi connectivity index (χ1n) is 7.35. The lowest BCUT2D eigenvalue weighted by molar-refractivity contribution is 0.195. The number of benzene rings is 1. The van der Waals surface area contributed by atoms with Gasteiger partial charge in [0.25, 0.3) is 0 Å². The predicted octanol–water partition coefficient (Wildman–Crippen LogP) is 5.63. The number of likely N-dealkylation sites (tertiary alicyclic amines) is 1. The number of thiophene rings is 1. The largest absolute Gasteiger partial charge is 0.291 e. The van der Waals surface area contributed by atoms with Gasteiger partial charge < -0.3 is 0 Å². The molecule has 1 aliphatic heterocycles. The van der Waals surface area contributed by atoms with Crippen molar-refractivity contribution >= 4 is 27.3 Å². The fourth-order valence-electron chi connectivity index (χ4n) is 3.03. The molecule has 0 radical (unpaired) electrons. The number of halogens is 1. The zero-order chi connectivity index (χ0) is 13.8. The zero-order valence-corrected chi connectivity index (χ0v) is 14.0. The van der Waals surface area contributed by atoms with E-state index in [1.807, 2.05) is 11.3 Å². The average molecular weight is 350 g/mol. The third-order valence-electron chi connectivity index (χ3n) is 4.01. The molecular formula is C17H20BrNS. The normalized spacial score (nSPS) is 20.8. The van der Waals surface area contributed by atoms with E-state index in [1.165, 1.54) is 47.1 Å². The van der Waals surface area contributed by atoms with Crippen molar-refractivity contribution in [2.24, 2.45) is 0 Å². The molecule has 0 aliphatic carbocycles. The van der Waals surface area contributed by atoms with Gasteiger partial charge in [-0.3, -0.25) is 4.90 Å². The average Bonchev–Trinajstić information content (AvgIpc) is 2.87. The van der Waals surface area contributed by atoms with Crippen LogP contribution >= 0.6 is 27.3 Å². The van der Waals surface area contributed by atoms with Gasteiger partial charge in [-0.25, -0.2) is 0 Å².